The molecule has 0 aliphatic heterocycles. The molecular formula is C11H17N3OS. The van der Waals surface area contributed by atoms with E-state index in [0.717, 1.165) is 17.1 Å². The van der Waals surface area contributed by atoms with Crippen molar-refractivity contribution in [1.82, 2.24) is 4.98 Å². The minimum Gasteiger partial charge on any atom is -0.409 e. The van der Waals surface area contributed by atoms with Crippen LogP contribution in [0.3, 0.4) is 0 Å². The lowest BCUT2D eigenvalue weighted by atomic mass is 10.2. The minimum atomic E-state index is 0.0516. The summed E-state index contributed by atoms with van der Waals surface area (Å²) in [6, 6.07) is 3.80. The van der Waals surface area contributed by atoms with Gasteiger partial charge in [-0.1, -0.05) is 19.0 Å². The number of pyridine rings is 1. The van der Waals surface area contributed by atoms with Crippen molar-refractivity contribution in [2.75, 3.05) is 5.75 Å². The number of hydrogen-bond acceptors (Lipinski definition) is 4. The van der Waals surface area contributed by atoms with E-state index < -0.39 is 0 Å². The summed E-state index contributed by atoms with van der Waals surface area (Å²) in [5.74, 6) is 2.79. The van der Waals surface area contributed by atoms with Crippen LogP contribution in [0, 0.1) is 5.92 Å². The first kappa shape index (κ1) is 12.8. The lowest BCUT2D eigenvalue weighted by molar-refractivity contribution is 0.318. The van der Waals surface area contributed by atoms with Gasteiger partial charge in [0.25, 0.3) is 0 Å². The summed E-state index contributed by atoms with van der Waals surface area (Å²) in [6.45, 7) is 4.39. The van der Waals surface area contributed by atoms with Crippen LogP contribution >= 0.6 is 11.8 Å². The van der Waals surface area contributed by atoms with Gasteiger partial charge in [0.15, 0.2) is 5.84 Å². The van der Waals surface area contributed by atoms with Crippen molar-refractivity contribution in [3.05, 3.63) is 29.6 Å². The molecule has 0 aromatic carbocycles. The maximum absolute atomic E-state index is 8.55. The second-order valence-electron chi connectivity index (χ2n) is 3.94. The number of amidine groups is 1. The Morgan fingerprint density at radius 1 is 1.62 bits per heavy atom. The van der Waals surface area contributed by atoms with Gasteiger partial charge in [0.2, 0.25) is 0 Å². The Kier molecular flexibility index (Phi) is 5.11. The largest absolute Gasteiger partial charge is 0.409 e. The third-order valence-corrected chi connectivity index (χ3v) is 3.35. The predicted octanol–water partition coefficient (Wildman–Crippen LogP) is 2.07. The van der Waals surface area contributed by atoms with Crippen LogP contribution in [0.15, 0.2) is 23.5 Å². The summed E-state index contributed by atoms with van der Waals surface area (Å²) in [5.41, 5.74) is 7.13. The third-order valence-electron chi connectivity index (χ3n) is 1.91. The maximum atomic E-state index is 8.55. The fraction of sp³-hybridized carbons (Fsp3) is 0.455. The average Bonchev–Trinajstić information content (AvgIpc) is 2.28. The van der Waals surface area contributed by atoms with Gasteiger partial charge >= 0.3 is 0 Å². The van der Waals surface area contributed by atoms with E-state index in [4.69, 9.17) is 10.9 Å². The maximum Gasteiger partial charge on any atom is 0.188 e. The first-order valence-corrected chi connectivity index (χ1v) is 6.29. The Hall–Kier alpha value is -1.23. The van der Waals surface area contributed by atoms with E-state index in [2.05, 4.69) is 24.0 Å². The van der Waals surface area contributed by atoms with Gasteiger partial charge in [0, 0.05) is 11.9 Å². The summed E-state index contributed by atoms with van der Waals surface area (Å²) in [4.78, 5) is 4.03. The molecule has 88 valence electrons. The molecule has 1 aromatic rings. The SMILES string of the molecule is CC(C)CSCc1ccnc(C(N)=NO)c1. The fourth-order valence-corrected chi connectivity index (χ4v) is 2.17. The molecule has 3 N–H and O–H groups in total. The quantitative estimate of drug-likeness (QED) is 0.357. The summed E-state index contributed by atoms with van der Waals surface area (Å²) in [5, 5.41) is 11.5. The van der Waals surface area contributed by atoms with Crippen LogP contribution in [0.25, 0.3) is 0 Å². The van der Waals surface area contributed by atoms with E-state index in [-0.39, 0.29) is 5.84 Å². The molecule has 0 fully saturated rings. The van der Waals surface area contributed by atoms with Crippen molar-refractivity contribution < 1.29 is 5.21 Å². The molecular weight excluding hydrogens is 222 g/mol. The molecule has 0 aliphatic carbocycles. The van der Waals surface area contributed by atoms with E-state index in [1.807, 2.05) is 23.9 Å². The molecule has 1 aromatic heterocycles. The summed E-state index contributed by atoms with van der Waals surface area (Å²) >= 11 is 1.87. The smallest absolute Gasteiger partial charge is 0.188 e. The van der Waals surface area contributed by atoms with Crippen LogP contribution in [0.5, 0.6) is 0 Å². The van der Waals surface area contributed by atoms with Gasteiger partial charge in [0.1, 0.15) is 5.69 Å². The van der Waals surface area contributed by atoms with Gasteiger partial charge in [0.05, 0.1) is 0 Å². The molecule has 0 saturated heterocycles. The molecule has 0 bridgehead atoms. The summed E-state index contributed by atoms with van der Waals surface area (Å²) in [7, 11) is 0. The Labute approximate surface area is 99.9 Å². The van der Waals surface area contributed by atoms with Gasteiger partial charge in [-0.2, -0.15) is 11.8 Å². The predicted molar refractivity (Wildman–Crippen MR) is 67.7 cm³/mol. The Morgan fingerprint density at radius 2 is 2.38 bits per heavy atom. The second kappa shape index (κ2) is 6.37. The van der Waals surface area contributed by atoms with Crippen LogP contribution in [0.2, 0.25) is 0 Å². The van der Waals surface area contributed by atoms with E-state index in [1.165, 1.54) is 0 Å². The number of nitrogens with two attached hydrogens (primary N) is 1. The summed E-state index contributed by atoms with van der Waals surface area (Å²) in [6.07, 6.45) is 1.68. The number of thioether (sulfide) groups is 1. The minimum absolute atomic E-state index is 0.0516. The van der Waals surface area contributed by atoms with Crippen molar-refractivity contribution in [2.45, 2.75) is 19.6 Å². The topological polar surface area (TPSA) is 71.5 Å². The number of aromatic nitrogens is 1. The van der Waals surface area contributed by atoms with Gasteiger partial charge in [-0.3, -0.25) is 4.98 Å². The van der Waals surface area contributed by atoms with Gasteiger partial charge < -0.3 is 10.9 Å². The molecule has 0 unspecified atom stereocenters. The van der Waals surface area contributed by atoms with Crippen LogP contribution < -0.4 is 5.73 Å². The highest BCUT2D eigenvalue weighted by Crippen LogP contribution is 2.15. The zero-order valence-electron chi connectivity index (χ0n) is 9.55. The molecule has 0 saturated carbocycles. The molecule has 4 nitrogen and oxygen atoms in total. The zero-order chi connectivity index (χ0) is 12.0. The van der Waals surface area contributed by atoms with Crippen LogP contribution in [-0.4, -0.2) is 21.8 Å². The molecule has 0 atom stereocenters. The lowest BCUT2D eigenvalue weighted by Gasteiger charge is -2.05. The van der Waals surface area contributed by atoms with Crippen LogP contribution in [0.4, 0.5) is 0 Å². The molecule has 5 heteroatoms. The van der Waals surface area contributed by atoms with Gasteiger partial charge in [-0.25, -0.2) is 0 Å². The molecule has 1 heterocycles. The first-order chi connectivity index (χ1) is 7.63. The van der Waals surface area contributed by atoms with Crippen molar-refractivity contribution in [3.63, 3.8) is 0 Å². The van der Waals surface area contributed by atoms with E-state index >= 15 is 0 Å². The van der Waals surface area contributed by atoms with E-state index in [1.54, 1.807) is 6.20 Å². The Balaban J connectivity index is 2.61. The monoisotopic (exact) mass is 239 g/mol. The number of oxime groups is 1. The zero-order valence-corrected chi connectivity index (χ0v) is 10.4. The highest BCUT2D eigenvalue weighted by Gasteiger charge is 2.02. The molecule has 0 amide bonds. The molecule has 1 rings (SSSR count). The molecule has 16 heavy (non-hydrogen) atoms. The van der Waals surface area contributed by atoms with Crippen molar-refractivity contribution in [2.24, 2.45) is 16.8 Å². The molecule has 0 aliphatic rings. The Morgan fingerprint density at radius 3 is 3.00 bits per heavy atom. The van der Waals surface area contributed by atoms with E-state index in [9.17, 15) is 0 Å². The van der Waals surface area contributed by atoms with Crippen molar-refractivity contribution >= 4 is 17.6 Å². The summed E-state index contributed by atoms with van der Waals surface area (Å²) < 4.78 is 0. The number of rotatable bonds is 5. The first-order valence-electron chi connectivity index (χ1n) is 5.14. The molecule has 0 spiro atoms. The third kappa shape index (κ3) is 4.10. The second-order valence-corrected chi connectivity index (χ2v) is 4.97. The number of nitrogens with zero attached hydrogens (tertiary/aromatic N) is 2. The van der Waals surface area contributed by atoms with E-state index in [0.29, 0.717) is 11.6 Å². The highest BCUT2D eigenvalue weighted by atomic mass is 32.2. The Bertz CT molecular complexity index is 366. The van der Waals surface area contributed by atoms with Gasteiger partial charge in [-0.15, -0.1) is 0 Å². The van der Waals surface area contributed by atoms with Crippen LogP contribution in [0.1, 0.15) is 25.1 Å². The highest BCUT2D eigenvalue weighted by molar-refractivity contribution is 7.98. The fourth-order valence-electron chi connectivity index (χ4n) is 1.17. The molecule has 0 radical (unpaired) electrons. The average molecular weight is 239 g/mol. The standard InChI is InChI=1S/C11H17N3OS/c1-8(2)6-16-7-9-3-4-13-10(5-9)11(12)14-15/h3-5,8,15H,6-7H2,1-2H3,(H2,12,14). The van der Waals surface area contributed by atoms with Gasteiger partial charge in [-0.05, 0) is 29.4 Å². The van der Waals surface area contributed by atoms with Crippen molar-refractivity contribution in [3.8, 4) is 0 Å². The normalized spacial score (nSPS) is 12.1. The lowest BCUT2D eigenvalue weighted by Crippen LogP contribution is -2.15. The number of hydrogen-bond donors (Lipinski definition) is 2. The van der Waals surface area contributed by atoms with Crippen LogP contribution in [-0.2, 0) is 5.75 Å². The van der Waals surface area contributed by atoms with Crippen molar-refractivity contribution in [1.29, 1.82) is 0 Å².